The fourth-order valence-corrected chi connectivity index (χ4v) is 4.02. The minimum Gasteiger partial charge on any atom is -0.443 e. The maximum absolute atomic E-state index is 12.2. The molecule has 1 heterocycles. The van der Waals surface area contributed by atoms with E-state index < -0.39 is 22.2 Å². The van der Waals surface area contributed by atoms with Crippen molar-refractivity contribution in [2.45, 2.75) is 11.9 Å². The second-order valence-electron chi connectivity index (χ2n) is 5.65. The third-order valence-corrected chi connectivity index (χ3v) is 5.44. The topological polar surface area (TPSA) is 75.7 Å². The summed E-state index contributed by atoms with van der Waals surface area (Å²) in [5.41, 5.74) is 1.24. The van der Waals surface area contributed by atoms with Gasteiger partial charge in [0.05, 0.1) is 12.3 Å². The largest absolute Gasteiger partial charge is 0.443 e. The van der Waals surface area contributed by atoms with Crippen LogP contribution in [0.25, 0.3) is 0 Å². The molecular weight excluding hydrogens is 364 g/mol. The first-order valence-corrected chi connectivity index (χ1v) is 9.71. The molecule has 1 unspecified atom stereocenters. The minimum absolute atomic E-state index is 0.0157. The number of hydrogen-bond acceptors (Lipinski definition) is 4. The first-order chi connectivity index (χ1) is 11.9. The van der Waals surface area contributed by atoms with E-state index in [2.05, 4.69) is 4.72 Å². The number of carbonyl (C=O) groups is 1. The lowest BCUT2D eigenvalue weighted by molar-refractivity contribution is 0.143. The number of sulfonamides is 1. The predicted octanol–water partition coefficient (Wildman–Crippen LogP) is 2.78. The molecule has 8 heteroatoms. The first-order valence-electron chi connectivity index (χ1n) is 7.68. The maximum Gasteiger partial charge on any atom is 0.414 e. The number of halogens is 1. The molecule has 3 rings (SSSR count). The van der Waals surface area contributed by atoms with Crippen LogP contribution in [0.4, 0.5) is 10.5 Å². The summed E-state index contributed by atoms with van der Waals surface area (Å²) in [4.78, 5) is 13.4. The number of para-hydroxylation sites is 1. The molecule has 2 aromatic carbocycles. The van der Waals surface area contributed by atoms with Gasteiger partial charge in [-0.05, 0) is 23.8 Å². The van der Waals surface area contributed by atoms with Crippen LogP contribution < -0.4 is 9.62 Å². The molecular formula is C17H17ClN2O4S. The number of rotatable bonds is 6. The van der Waals surface area contributed by atoms with E-state index >= 15 is 0 Å². The van der Waals surface area contributed by atoms with Crippen LogP contribution in [0.5, 0.6) is 0 Å². The molecule has 0 radical (unpaired) electrons. The van der Waals surface area contributed by atoms with E-state index in [0.717, 1.165) is 0 Å². The number of anilines is 1. The van der Waals surface area contributed by atoms with Crippen molar-refractivity contribution in [1.29, 1.82) is 0 Å². The van der Waals surface area contributed by atoms with E-state index in [1.165, 1.54) is 4.90 Å². The highest BCUT2D eigenvalue weighted by Crippen LogP contribution is 2.21. The van der Waals surface area contributed by atoms with Gasteiger partial charge in [-0.25, -0.2) is 17.9 Å². The van der Waals surface area contributed by atoms with E-state index in [1.54, 1.807) is 36.4 Å². The molecule has 1 fully saturated rings. The molecule has 1 saturated heterocycles. The van der Waals surface area contributed by atoms with Crippen molar-refractivity contribution in [2.75, 3.05) is 18.0 Å². The third kappa shape index (κ3) is 4.50. The Morgan fingerprint density at radius 3 is 2.52 bits per heavy atom. The van der Waals surface area contributed by atoms with Gasteiger partial charge in [-0.15, -0.1) is 0 Å². The number of carbonyl (C=O) groups excluding carboxylic acids is 1. The van der Waals surface area contributed by atoms with E-state index in [9.17, 15) is 13.2 Å². The lowest BCUT2D eigenvalue weighted by atomic mass is 10.2. The zero-order valence-electron chi connectivity index (χ0n) is 13.3. The van der Waals surface area contributed by atoms with E-state index in [0.29, 0.717) is 16.3 Å². The molecule has 6 nitrogen and oxygen atoms in total. The fourth-order valence-electron chi connectivity index (χ4n) is 2.54. The molecule has 1 amide bonds. The number of ether oxygens (including phenoxy) is 1. The van der Waals surface area contributed by atoms with Crippen molar-refractivity contribution in [3.8, 4) is 0 Å². The second-order valence-corrected chi connectivity index (χ2v) is 7.86. The van der Waals surface area contributed by atoms with Crippen LogP contribution in [-0.4, -0.2) is 33.7 Å². The summed E-state index contributed by atoms with van der Waals surface area (Å²) in [6.07, 6.45) is -1.03. The van der Waals surface area contributed by atoms with Crippen molar-refractivity contribution in [2.24, 2.45) is 0 Å². The lowest BCUT2D eigenvalue weighted by Gasteiger charge is -2.13. The van der Waals surface area contributed by atoms with Crippen LogP contribution in [-0.2, 0) is 20.5 Å². The molecule has 0 saturated carbocycles. The number of amides is 1. The lowest BCUT2D eigenvalue weighted by Crippen LogP contribution is -2.35. The van der Waals surface area contributed by atoms with Gasteiger partial charge >= 0.3 is 6.09 Å². The first kappa shape index (κ1) is 17.7. The Hall–Kier alpha value is -2.09. The van der Waals surface area contributed by atoms with E-state index in [4.69, 9.17) is 16.3 Å². The molecule has 132 valence electrons. The number of benzene rings is 2. The monoisotopic (exact) mass is 380 g/mol. The van der Waals surface area contributed by atoms with Gasteiger partial charge in [0.25, 0.3) is 0 Å². The molecule has 1 aliphatic rings. The minimum atomic E-state index is -3.59. The number of nitrogens with one attached hydrogen (secondary N) is 1. The second kappa shape index (κ2) is 7.43. The Morgan fingerprint density at radius 2 is 1.80 bits per heavy atom. The Bertz CT molecular complexity index is 858. The highest BCUT2D eigenvalue weighted by molar-refractivity contribution is 7.88. The van der Waals surface area contributed by atoms with Crippen molar-refractivity contribution in [1.82, 2.24) is 4.72 Å². The molecule has 1 N–H and O–H groups in total. The van der Waals surface area contributed by atoms with Gasteiger partial charge in [-0.3, -0.25) is 4.90 Å². The van der Waals surface area contributed by atoms with Crippen LogP contribution in [0.15, 0.2) is 54.6 Å². The maximum atomic E-state index is 12.2. The smallest absolute Gasteiger partial charge is 0.414 e. The summed E-state index contributed by atoms with van der Waals surface area (Å²) >= 11 is 6.00. The van der Waals surface area contributed by atoms with Crippen molar-refractivity contribution in [3.05, 3.63) is 65.2 Å². The van der Waals surface area contributed by atoms with Crippen LogP contribution in [0, 0.1) is 0 Å². The Morgan fingerprint density at radius 1 is 1.12 bits per heavy atom. The van der Waals surface area contributed by atoms with Crippen LogP contribution >= 0.6 is 11.6 Å². The third-order valence-electron chi connectivity index (χ3n) is 3.78. The van der Waals surface area contributed by atoms with Gasteiger partial charge in [0.1, 0.15) is 6.10 Å². The van der Waals surface area contributed by atoms with Crippen LogP contribution in [0.2, 0.25) is 5.02 Å². The molecule has 0 bridgehead atoms. The zero-order valence-corrected chi connectivity index (χ0v) is 14.8. The Balaban J connectivity index is 1.58. The average molecular weight is 381 g/mol. The van der Waals surface area contributed by atoms with E-state index in [-0.39, 0.29) is 18.8 Å². The molecule has 2 aromatic rings. The van der Waals surface area contributed by atoms with Crippen molar-refractivity contribution in [3.63, 3.8) is 0 Å². The fraction of sp³-hybridized carbons (Fsp3) is 0.235. The van der Waals surface area contributed by atoms with E-state index in [1.807, 2.05) is 18.2 Å². The quantitative estimate of drug-likeness (QED) is 0.836. The SMILES string of the molecule is O=C1OC(CNS(=O)(=O)Cc2ccccc2Cl)CN1c1ccccc1. The molecule has 1 atom stereocenters. The number of cyclic esters (lactones) is 1. The summed E-state index contributed by atoms with van der Waals surface area (Å²) < 4.78 is 32.1. The summed E-state index contributed by atoms with van der Waals surface area (Å²) in [6.45, 7) is 0.305. The number of nitrogens with zero attached hydrogens (tertiary/aromatic N) is 1. The number of hydrogen-bond donors (Lipinski definition) is 1. The highest BCUT2D eigenvalue weighted by atomic mass is 35.5. The summed E-state index contributed by atoms with van der Waals surface area (Å²) in [6, 6.07) is 15.9. The van der Waals surface area contributed by atoms with Crippen LogP contribution in [0.3, 0.4) is 0 Å². The van der Waals surface area contributed by atoms with Gasteiger partial charge in [-0.1, -0.05) is 48.0 Å². The summed E-state index contributed by atoms with van der Waals surface area (Å²) in [5, 5.41) is 0.399. The predicted molar refractivity (Wildman–Crippen MR) is 96.1 cm³/mol. The van der Waals surface area contributed by atoms with Gasteiger partial charge in [0.15, 0.2) is 0 Å². The summed E-state index contributed by atoms with van der Waals surface area (Å²) in [5.74, 6) is -0.226. The van der Waals surface area contributed by atoms with Gasteiger partial charge in [0, 0.05) is 17.3 Å². The molecule has 0 spiro atoms. The molecule has 0 aromatic heterocycles. The summed E-state index contributed by atoms with van der Waals surface area (Å²) in [7, 11) is -3.59. The van der Waals surface area contributed by atoms with Gasteiger partial charge in [0.2, 0.25) is 10.0 Å². The molecule has 0 aliphatic carbocycles. The van der Waals surface area contributed by atoms with Gasteiger partial charge in [-0.2, -0.15) is 0 Å². The molecule has 1 aliphatic heterocycles. The van der Waals surface area contributed by atoms with Crippen molar-refractivity contribution < 1.29 is 17.9 Å². The van der Waals surface area contributed by atoms with Gasteiger partial charge < -0.3 is 4.74 Å². The normalized spacial score (nSPS) is 17.6. The average Bonchev–Trinajstić information content (AvgIpc) is 2.97. The Labute approximate surface area is 151 Å². The standard InChI is InChI=1S/C17H17ClN2O4S/c18-16-9-5-4-6-13(16)12-25(22,23)19-10-15-11-20(17(21)24-15)14-7-2-1-3-8-14/h1-9,15,19H,10-12H2. The zero-order chi connectivity index (χ0) is 17.9. The molecule has 25 heavy (non-hydrogen) atoms. The Kier molecular flexibility index (Phi) is 5.27. The van der Waals surface area contributed by atoms with Crippen LogP contribution in [0.1, 0.15) is 5.56 Å². The highest BCUT2D eigenvalue weighted by Gasteiger charge is 2.32. The van der Waals surface area contributed by atoms with Crippen molar-refractivity contribution >= 4 is 33.4 Å².